The number of nitrogens with one attached hydrogen (secondary N) is 1. The van der Waals surface area contributed by atoms with E-state index in [0.29, 0.717) is 0 Å². The fraction of sp³-hybridized carbons (Fsp3) is 0.429. The normalized spacial score (nSPS) is 12.7. The first kappa shape index (κ1) is 23.2. The van der Waals surface area contributed by atoms with E-state index in [1.807, 2.05) is 26.0 Å². The van der Waals surface area contributed by atoms with Crippen LogP contribution in [0.25, 0.3) is 11.2 Å². The van der Waals surface area contributed by atoms with Crippen LogP contribution in [0.3, 0.4) is 0 Å². The third-order valence-corrected chi connectivity index (χ3v) is 4.86. The molecule has 1 aromatic carbocycles. The number of benzene rings is 1. The minimum Gasteiger partial charge on any atom is -0.497 e. The lowest BCUT2D eigenvalue weighted by atomic mass is 10.2. The summed E-state index contributed by atoms with van der Waals surface area (Å²) in [6, 6.07) is 7.28. The molecule has 0 aliphatic rings. The fourth-order valence-electron chi connectivity index (χ4n) is 3.13. The van der Waals surface area contributed by atoms with E-state index >= 15 is 0 Å². The summed E-state index contributed by atoms with van der Waals surface area (Å²) in [4.78, 5) is 29.6. The Labute approximate surface area is 184 Å². The summed E-state index contributed by atoms with van der Waals surface area (Å²) >= 11 is 0. The molecule has 2 heterocycles. The number of nitrogens with zero attached hydrogens (tertiary/aromatic N) is 5. The van der Waals surface area contributed by atoms with Gasteiger partial charge in [0.1, 0.15) is 5.75 Å². The summed E-state index contributed by atoms with van der Waals surface area (Å²) < 4.78 is 14.4. The van der Waals surface area contributed by atoms with Crippen LogP contribution in [-0.4, -0.2) is 55.9 Å². The predicted octanol–water partition coefficient (Wildman–Crippen LogP) is 0.674. The molecule has 0 aliphatic carbocycles. The maximum Gasteiger partial charge on any atom is 0.332 e. The summed E-state index contributed by atoms with van der Waals surface area (Å²) in [5.74, 6) is 0.943. The average molecular weight is 444 g/mol. The second-order valence-electron chi connectivity index (χ2n) is 7.60. The van der Waals surface area contributed by atoms with E-state index in [9.17, 15) is 14.7 Å². The Morgan fingerprint density at radius 2 is 1.88 bits per heavy atom. The lowest BCUT2D eigenvalue weighted by Gasteiger charge is -2.16. The van der Waals surface area contributed by atoms with Crippen molar-refractivity contribution in [2.24, 2.45) is 19.2 Å². The second-order valence-corrected chi connectivity index (χ2v) is 7.60. The molecule has 3 aromatic rings. The highest BCUT2D eigenvalue weighted by molar-refractivity contribution is 5.80. The average Bonchev–Trinajstić information content (AvgIpc) is 3.13. The molecule has 1 unspecified atom stereocenters. The minimum atomic E-state index is -0.900. The number of aliphatic hydroxyl groups is 1. The van der Waals surface area contributed by atoms with E-state index in [1.165, 1.54) is 23.2 Å². The molecule has 32 heavy (non-hydrogen) atoms. The number of hydrogen-bond donors (Lipinski definition) is 2. The summed E-state index contributed by atoms with van der Waals surface area (Å²) in [5, 5.41) is 14.7. The first-order chi connectivity index (χ1) is 15.2. The second kappa shape index (κ2) is 9.79. The number of hydrazone groups is 1. The molecular weight excluding hydrogens is 416 g/mol. The van der Waals surface area contributed by atoms with Crippen LogP contribution in [0.2, 0.25) is 0 Å². The van der Waals surface area contributed by atoms with Crippen molar-refractivity contribution in [3.05, 3.63) is 50.7 Å². The van der Waals surface area contributed by atoms with Gasteiger partial charge in [0.05, 0.1) is 38.7 Å². The van der Waals surface area contributed by atoms with Crippen molar-refractivity contribution in [1.29, 1.82) is 0 Å². The third-order valence-electron chi connectivity index (χ3n) is 4.86. The Bertz CT molecular complexity index is 1220. The van der Waals surface area contributed by atoms with E-state index < -0.39 is 17.4 Å². The zero-order chi connectivity index (χ0) is 23.4. The molecule has 0 aliphatic heterocycles. The number of aryl methyl sites for hydroxylation is 1. The van der Waals surface area contributed by atoms with Gasteiger partial charge in [0.25, 0.3) is 5.56 Å². The van der Waals surface area contributed by atoms with E-state index in [4.69, 9.17) is 9.47 Å². The van der Waals surface area contributed by atoms with Crippen LogP contribution in [0.1, 0.15) is 19.4 Å². The molecule has 3 rings (SSSR count). The van der Waals surface area contributed by atoms with Gasteiger partial charge in [-0.05, 0) is 43.7 Å². The van der Waals surface area contributed by atoms with Gasteiger partial charge < -0.3 is 19.1 Å². The van der Waals surface area contributed by atoms with Gasteiger partial charge in [0.15, 0.2) is 11.2 Å². The minimum absolute atomic E-state index is 0.0249. The van der Waals surface area contributed by atoms with Crippen molar-refractivity contribution in [3.8, 4) is 5.75 Å². The van der Waals surface area contributed by atoms with Crippen molar-refractivity contribution >= 4 is 23.3 Å². The van der Waals surface area contributed by atoms with E-state index in [2.05, 4.69) is 15.5 Å². The van der Waals surface area contributed by atoms with Crippen molar-refractivity contribution in [2.75, 3.05) is 19.1 Å². The number of ether oxygens (including phenoxy) is 2. The monoisotopic (exact) mass is 444 g/mol. The molecule has 0 bridgehead atoms. The van der Waals surface area contributed by atoms with Crippen LogP contribution in [0, 0.1) is 0 Å². The van der Waals surface area contributed by atoms with Gasteiger partial charge in [-0.1, -0.05) is 0 Å². The summed E-state index contributed by atoms with van der Waals surface area (Å²) in [6.45, 7) is 3.84. The van der Waals surface area contributed by atoms with Gasteiger partial charge in [-0.15, -0.1) is 0 Å². The van der Waals surface area contributed by atoms with Gasteiger partial charge in [0.2, 0.25) is 5.95 Å². The van der Waals surface area contributed by atoms with E-state index in [1.54, 1.807) is 25.5 Å². The molecule has 11 nitrogen and oxygen atoms in total. The van der Waals surface area contributed by atoms with E-state index in [0.717, 1.165) is 15.9 Å². The Morgan fingerprint density at radius 1 is 1.19 bits per heavy atom. The van der Waals surface area contributed by atoms with Crippen LogP contribution < -0.4 is 21.4 Å². The number of imidazole rings is 1. The van der Waals surface area contributed by atoms with Gasteiger partial charge in [-0.2, -0.15) is 10.1 Å². The molecule has 172 valence electrons. The first-order valence-corrected chi connectivity index (χ1v) is 10.1. The molecule has 0 radical (unpaired) electrons. The summed E-state index contributed by atoms with van der Waals surface area (Å²) in [5.41, 5.74) is 2.99. The van der Waals surface area contributed by atoms with Crippen molar-refractivity contribution < 1.29 is 14.6 Å². The molecule has 2 aromatic heterocycles. The Kier molecular flexibility index (Phi) is 7.11. The van der Waals surface area contributed by atoms with Crippen molar-refractivity contribution in [1.82, 2.24) is 18.7 Å². The quantitative estimate of drug-likeness (QED) is 0.367. The fourth-order valence-corrected chi connectivity index (χ4v) is 3.13. The molecule has 0 amide bonds. The number of aliphatic hydroxyl groups excluding tert-OH is 1. The smallest absolute Gasteiger partial charge is 0.332 e. The summed E-state index contributed by atoms with van der Waals surface area (Å²) in [6.07, 6.45) is 0.630. The molecule has 0 spiro atoms. The van der Waals surface area contributed by atoms with Crippen LogP contribution in [0.15, 0.2) is 39.0 Å². The number of aromatic nitrogens is 4. The summed E-state index contributed by atoms with van der Waals surface area (Å²) in [7, 11) is 4.52. The highest BCUT2D eigenvalue weighted by atomic mass is 16.5. The molecule has 0 saturated heterocycles. The predicted molar refractivity (Wildman–Crippen MR) is 122 cm³/mol. The maximum atomic E-state index is 12.8. The lowest BCUT2D eigenvalue weighted by Crippen LogP contribution is -2.38. The number of hydrogen-bond acceptors (Lipinski definition) is 8. The number of fused-ring (bicyclic) bond motifs is 1. The standard InChI is InChI=1S/C21H28N6O5/c1-13(2)32-12-15(28)11-27-17-18(25(3)21(30)26(4)19(17)29)23-20(27)24-22-10-14-6-8-16(31-5)9-7-14/h6-10,13,15,28H,11-12H2,1-5H3,(H,23,24). The maximum absolute atomic E-state index is 12.8. The Hall–Kier alpha value is -3.44. The number of rotatable bonds is 9. The van der Waals surface area contributed by atoms with Crippen molar-refractivity contribution in [3.63, 3.8) is 0 Å². The highest BCUT2D eigenvalue weighted by Gasteiger charge is 2.21. The molecule has 1 atom stereocenters. The zero-order valence-electron chi connectivity index (χ0n) is 18.8. The number of anilines is 1. The van der Waals surface area contributed by atoms with Crippen molar-refractivity contribution in [2.45, 2.75) is 32.6 Å². The van der Waals surface area contributed by atoms with Crippen LogP contribution in [0.4, 0.5) is 5.95 Å². The Morgan fingerprint density at radius 3 is 2.50 bits per heavy atom. The first-order valence-electron chi connectivity index (χ1n) is 10.1. The number of methoxy groups -OCH3 is 1. The third kappa shape index (κ3) is 4.89. The molecule has 0 fully saturated rings. The lowest BCUT2D eigenvalue weighted by molar-refractivity contribution is -0.000109. The zero-order valence-corrected chi connectivity index (χ0v) is 18.8. The van der Waals surface area contributed by atoms with Crippen LogP contribution >= 0.6 is 0 Å². The molecule has 0 saturated carbocycles. The highest BCUT2D eigenvalue weighted by Crippen LogP contribution is 2.17. The largest absolute Gasteiger partial charge is 0.497 e. The van der Waals surface area contributed by atoms with Gasteiger partial charge in [-0.3, -0.25) is 13.9 Å². The van der Waals surface area contributed by atoms with Crippen LogP contribution in [-0.2, 0) is 25.4 Å². The van der Waals surface area contributed by atoms with E-state index in [-0.39, 0.29) is 36.4 Å². The van der Waals surface area contributed by atoms with Crippen LogP contribution in [0.5, 0.6) is 5.75 Å². The molecular formula is C21H28N6O5. The van der Waals surface area contributed by atoms with Gasteiger partial charge in [0, 0.05) is 14.1 Å². The molecule has 11 heteroatoms. The Balaban J connectivity index is 1.98. The van der Waals surface area contributed by atoms with Gasteiger partial charge >= 0.3 is 5.69 Å². The van der Waals surface area contributed by atoms with Gasteiger partial charge in [-0.25, -0.2) is 10.2 Å². The SMILES string of the molecule is COc1ccc(C=NNc2nc3c(c(=O)n(C)c(=O)n3C)n2CC(O)COC(C)C)cc1. The molecule has 2 N–H and O–H groups in total. The topological polar surface area (TPSA) is 125 Å².